The Balaban J connectivity index is 0.000000490. The van der Waals surface area contributed by atoms with E-state index >= 15 is 0 Å². The van der Waals surface area contributed by atoms with Crippen LogP contribution in [0.15, 0.2) is 0 Å². The zero-order valence-corrected chi connectivity index (χ0v) is 10.1. The van der Waals surface area contributed by atoms with E-state index in [-0.39, 0.29) is 24.8 Å². The molecular weight excluding hydrogens is 219 g/mol. The topological polar surface area (TPSA) is 15.3 Å². The van der Waals surface area contributed by atoms with Crippen LogP contribution in [0.3, 0.4) is 0 Å². The first-order valence-electron chi connectivity index (χ1n) is 5.40. The monoisotopic (exact) mass is 238 g/mol. The fraction of sp³-hybridized carbons (Fsp3) is 1.00. The van der Waals surface area contributed by atoms with Gasteiger partial charge in [-0.1, -0.05) is 0 Å². The van der Waals surface area contributed by atoms with Crippen LogP contribution in [-0.2, 0) is 0 Å². The molecule has 0 radical (unpaired) electrons. The van der Waals surface area contributed by atoms with E-state index in [1.54, 1.807) is 0 Å². The van der Waals surface area contributed by atoms with Crippen molar-refractivity contribution in [3.05, 3.63) is 0 Å². The molecule has 0 aromatic heterocycles. The molecule has 0 spiro atoms. The molecule has 0 aromatic carbocycles. The summed E-state index contributed by atoms with van der Waals surface area (Å²) in [6, 6.07) is 0.957. The van der Waals surface area contributed by atoms with E-state index in [1.165, 1.54) is 45.4 Å². The van der Waals surface area contributed by atoms with Crippen molar-refractivity contribution in [3.8, 4) is 0 Å². The Hall–Kier alpha value is 0.500. The van der Waals surface area contributed by atoms with Crippen LogP contribution < -0.4 is 5.32 Å². The lowest BCUT2D eigenvalue weighted by molar-refractivity contribution is 0.0921. The van der Waals surface area contributed by atoms with Crippen molar-refractivity contribution in [1.29, 1.82) is 0 Å². The predicted molar refractivity (Wildman–Crippen MR) is 63.6 cm³/mol. The summed E-state index contributed by atoms with van der Waals surface area (Å²) in [5.74, 6) is 2.03. The van der Waals surface area contributed by atoms with E-state index in [4.69, 9.17) is 0 Å². The van der Waals surface area contributed by atoms with Crippen molar-refractivity contribution in [1.82, 2.24) is 10.2 Å². The van der Waals surface area contributed by atoms with Crippen molar-refractivity contribution in [2.24, 2.45) is 11.8 Å². The minimum atomic E-state index is 0. The maximum absolute atomic E-state index is 3.53. The first-order chi connectivity index (χ1) is 5.95. The lowest BCUT2D eigenvalue weighted by atomic mass is 9.95. The van der Waals surface area contributed by atoms with Gasteiger partial charge < -0.3 is 5.32 Å². The van der Waals surface area contributed by atoms with Gasteiger partial charge in [0.05, 0.1) is 0 Å². The minimum absolute atomic E-state index is 0. The van der Waals surface area contributed by atoms with E-state index < -0.39 is 0 Å². The third-order valence-electron chi connectivity index (χ3n) is 4.08. The molecular formula is C10H20Cl2N2. The van der Waals surface area contributed by atoms with Crippen LogP contribution in [0, 0.1) is 11.8 Å². The van der Waals surface area contributed by atoms with Gasteiger partial charge in [0.1, 0.15) is 0 Å². The van der Waals surface area contributed by atoms with Crippen molar-refractivity contribution in [2.75, 3.05) is 26.2 Å². The van der Waals surface area contributed by atoms with Gasteiger partial charge in [0.15, 0.2) is 0 Å². The number of hydrogen-bond donors (Lipinski definition) is 1. The molecule has 1 N–H and O–H groups in total. The summed E-state index contributed by atoms with van der Waals surface area (Å²) >= 11 is 0. The molecule has 84 valence electrons. The molecule has 3 aliphatic rings. The normalized spacial score (nSPS) is 40.7. The molecule has 2 saturated heterocycles. The van der Waals surface area contributed by atoms with Crippen LogP contribution in [0.25, 0.3) is 0 Å². The lowest BCUT2D eigenvalue weighted by Crippen LogP contribution is -2.47. The number of nitrogens with zero attached hydrogens (tertiary/aromatic N) is 1. The van der Waals surface area contributed by atoms with Crippen molar-refractivity contribution in [3.63, 3.8) is 0 Å². The van der Waals surface area contributed by atoms with Gasteiger partial charge in [0, 0.05) is 6.04 Å². The van der Waals surface area contributed by atoms with Crippen LogP contribution in [0.1, 0.15) is 19.3 Å². The Morgan fingerprint density at radius 3 is 2.43 bits per heavy atom. The van der Waals surface area contributed by atoms with E-state index in [1.807, 2.05) is 0 Å². The highest BCUT2D eigenvalue weighted by molar-refractivity contribution is 5.85. The van der Waals surface area contributed by atoms with Crippen LogP contribution in [-0.4, -0.2) is 37.1 Å². The van der Waals surface area contributed by atoms with Gasteiger partial charge in [0.25, 0.3) is 0 Å². The van der Waals surface area contributed by atoms with E-state index in [0.29, 0.717) is 0 Å². The van der Waals surface area contributed by atoms with Crippen LogP contribution >= 0.6 is 24.8 Å². The third-order valence-corrected chi connectivity index (χ3v) is 4.08. The largest absolute Gasteiger partial charge is 0.316 e. The Morgan fingerprint density at radius 2 is 1.79 bits per heavy atom. The van der Waals surface area contributed by atoms with Gasteiger partial charge in [-0.05, 0) is 57.3 Å². The van der Waals surface area contributed by atoms with Crippen molar-refractivity contribution in [2.45, 2.75) is 25.3 Å². The highest BCUT2D eigenvalue weighted by atomic mass is 35.5. The van der Waals surface area contributed by atoms with Gasteiger partial charge in [-0.2, -0.15) is 0 Å². The molecule has 0 bridgehead atoms. The molecule has 2 aliphatic heterocycles. The zero-order valence-electron chi connectivity index (χ0n) is 8.45. The summed E-state index contributed by atoms with van der Waals surface area (Å²) in [6.45, 7) is 5.36. The molecule has 1 saturated carbocycles. The highest BCUT2D eigenvalue weighted by Crippen LogP contribution is 2.38. The molecule has 3 atom stereocenters. The summed E-state index contributed by atoms with van der Waals surface area (Å²) in [6.07, 6.45) is 4.41. The van der Waals surface area contributed by atoms with Crippen molar-refractivity contribution < 1.29 is 0 Å². The van der Waals surface area contributed by atoms with Gasteiger partial charge in [-0.25, -0.2) is 0 Å². The number of fused-ring (bicyclic) bond motifs is 1. The number of hydrogen-bond acceptors (Lipinski definition) is 2. The van der Waals surface area contributed by atoms with Gasteiger partial charge >= 0.3 is 0 Å². The van der Waals surface area contributed by atoms with Crippen LogP contribution in [0.2, 0.25) is 0 Å². The molecule has 14 heavy (non-hydrogen) atoms. The molecule has 2 nitrogen and oxygen atoms in total. The second-order valence-corrected chi connectivity index (χ2v) is 4.62. The first-order valence-corrected chi connectivity index (χ1v) is 5.40. The number of rotatable bonds is 1. The predicted octanol–water partition coefficient (Wildman–Crippen LogP) is 1.53. The summed E-state index contributed by atoms with van der Waals surface area (Å²) in [5.41, 5.74) is 0. The van der Waals surface area contributed by atoms with E-state index in [2.05, 4.69) is 10.2 Å². The van der Waals surface area contributed by atoms with Crippen LogP contribution in [0.5, 0.6) is 0 Å². The summed E-state index contributed by atoms with van der Waals surface area (Å²) in [7, 11) is 0. The molecule has 4 heteroatoms. The quantitative estimate of drug-likeness (QED) is 0.746. The Morgan fingerprint density at radius 1 is 1.00 bits per heavy atom. The zero-order chi connectivity index (χ0) is 7.97. The summed E-state index contributed by atoms with van der Waals surface area (Å²) in [4.78, 5) is 2.71. The molecule has 0 aromatic rings. The Bertz CT molecular complexity index is 185. The van der Waals surface area contributed by atoms with Gasteiger partial charge in [-0.3, -0.25) is 4.90 Å². The first kappa shape index (κ1) is 12.6. The fourth-order valence-electron chi connectivity index (χ4n) is 3.24. The average molecular weight is 239 g/mol. The molecule has 3 fully saturated rings. The molecule has 2 heterocycles. The van der Waals surface area contributed by atoms with Gasteiger partial charge in [0.2, 0.25) is 0 Å². The van der Waals surface area contributed by atoms with Crippen LogP contribution in [0.4, 0.5) is 0 Å². The Kier molecular flexibility index (Phi) is 4.51. The summed E-state index contributed by atoms with van der Waals surface area (Å²) in [5, 5.41) is 3.53. The fourth-order valence-corrected chi connectivity index (χ4v) is 3.24. The standard InChI is InChI=1S/C10H18N2.2ClH/c1-4-12(5-1)10-3-2-8-6-11-7-9(8)10;;/h8-11H,1-7H2;2*1H. The minimum Gasteiger partial charge on any atom is -0.316 e. The highest BCUT2D eigenvalue weighted by Gasteiger charge is 2.42. The van der Waals surface area contributed by atoms with Gasteiger partial charge in [-0.15, -0.1) is 24.8 Å². The second kappa shape index (κ2) is 5.02. The maximum Gasteiger partial charge on any atom is 0.0139 e. The third kappa shape index (κ3) is 1.90. The maximum atomic E-state index is 3.53. The van der Waals surface area contributed by atoms with E-state index in [9.17, 15) is 0 Å². The number of likely N-dealkylation sites (tertiary alicyclic amines) is 1. The SMILES string of the molecule is C1CN(C2CCC3CNCC32)C1.Cl.Cl. The number of nitrogens with one attached hydrogen (secondary N) is 1. The average Bonchev–Trinajstić information content (AvgIpc) is 2.48. The molecule has 0 amide bonds. The molecule has 1 aliphatic carbocycles. The molecule has 3 unspecified atom stereocenters. The smallest absolute Gasteiger partial charge is 0.0139 e. The van der Waals surface area contributed by atoms with E-state index in [0.717, 1.165) is 17.9 Å². The molecule has 3 rings (SSSR count). The second-order valence-electron chi connectivity index (χ2n) is 4.62. The number of halogens is 2. The summed E-state index contributed by atoms with van der Waals surface area (Å²) < 4.78 is 0. The van der Waals surface area contributed by atoms with Crippen molar-refractivity contribution >= 4 is 24.8 Å². The lowest BCUT2D eigenvalue weighted by Gasteiger charge is -2.39. The Labute approximate surface area is 98.6 Å².